The summed E-state index contributed by atoms with van der Waals surface area (Å²) < 4.78 is 5.43. The second-order valence-electron chi connectivity index (χ2n) is 6.77. The van der Waals surface area contributed by atoms with E-state index < -0.39 is 0 Å². The van der Waals surface area contributed by atoms with E-state index in [-0.39, 0.29) is 11.3 Å². The molecule has 0 saturated carbocycles. The van der Waals surface area contributed by atoms with E-state index in [1.165, 1.54) is 11.1 Å². The van der Waals surface area contributed by atoms with Crippen LogP contribution >= 0.6 is 0 Å². The van der Waals surface area contributed by atoms with Gasteiger partial charge < -0.3 is 15.0 Å². The Morgan fingerprint density at radius 2 is 2.29 bits per heavy atom. The predicted octanol–water partition coefficient (Wildman–Crippen LogP) is 1.33. The molecule has 2 heterocycles. The molecule has 4 heteroatoms. The molecule has 0 aromatic heterocycles. The smallest absolute Gasteiger partial charge is 0.220 e. The van der Waals surface area contributed by atoms with Crippen molar-refractivity contribution in [1.29, 1.82) is 0 Å². The molecule has 0 spiro atoms. The lowest BCUT2D eigenvalue weighted by Gasteiger charge is -2.57. The van der Waals surface area contributed by atoms with Crippen molar-refractivity contribution in [3.05, 3.63) is 29.3 Å². The van der Waals surface area contributed by atoms with Crippen molar-refractivity contribution in [2.24, 2.45) is 5.92 Å². The van der Waals surface area contributed by atoms with Crippen molar-refractivity contribution in [2.75, 3.05) is 27.2 Å². The molecule has 4 nitrogen and oxygen atoms in total. The van der Waals surface area contributed by atoms with Gasteiger partial charge in [0.15, 0.2) is 0 Å². The van der Waals surface area contributed by atoms with Crippen molar-refractivity contribution in [1.82, 2.24) is 10.2 Å². The summed E-state index contributed by atoms with van der Waals surface area (Å²) in [5, 5.41) is 3.09. The van der Waals surface area contributed by atoms with Crippen molar-refractivity contribution < 1.29 is 9.53 Å². The van der Waals surface area contributed by atoms with Gasteiger partial charge in [0, 0.05) is 30.3 Å². The van der Waals surface area contributed by atoms with Crippen LogP contribution < -0.4 is 10.1 Å². The summed E-state index contributed by atoms with van der Waals surface area (Å²) in [7, 11) is 3.93. The fourth-order valence-corrected chi connectivity index (χ4v) is 4.80. The molecular weight excluding hydrogens is 264 g/mol. The summed E-state index contributed by atoms with van der Waals surface area (Å²) >= 11 is 0. The highest BCUT2D eigenvalue weighted by molar-refractivity contribution is 5.79. The number of nitrogens with zero attached hydrogens (tertiary/aromatic N) is 1. The van der Waals surface area contributed by atoms with E-state index in [1.807, 2.05) is 0 Å². The number of carbonyl (C=O) groups excluding carboxylic acids is 1. The van der Waals surface area contributed by atoms with Crippen molar-refractivity contribution in [3.8, 4) is 5.75 Å². The number of hydrogen-bond acceptors (Lipinski definition) is 3. The van der Waals surface area contributed by atoms with Gasteiger partial charge in [0.1, 0.15) is 5.75 Å². The van der Waals surface area contributed by atoms with E-state index in [0.717, 1.165) is 31.7 Å². The fourth-order valence-electron chi connectivity index (χ4n) is 4.80. The van der Waals surface area contributed by atoms with Crippen molar-refractivity contribution in [2.45, 2.75) is 30.7 Å². The number of likely N-dealkylation sites (tertiary alicyclic amines) is 1. The number of benzene rings is 1. The Hall–Kier alpha value is -1.55. The zero-order valence-corrected chi connectivity index (χ0v) is 12.7. The molecule has 2 fully saturated rings. The Balaban J connectivity index is 1.90. The zero-order valence-electron chi connectivity index (χ0n) is 12.7. The van der Waals surface area contributed by atoms with Gasteiger partial charge in [0.05, 0.1) is 7.11 Å². The molecule has 1 aliphatic carbocycles. The van der Waals surface area contributed by atoms with Crippen LogP contribution in [0.25, 0.3) is 0 Å². The minimum atomic E-state index is 0.0155. The fraction of sp³-hybridized carbons (Fsp3) is 0.588. The number of nitrogens with one attached hydrogen (secondary N) is 1. The maximum atomic E-state index is 12.1. The van der Waals surface area contributed by atoms with Crippen LogP contribution in [0.2, 0.25) is 0 Å². The number of amides is 1. The second kappa shape index (κ2) is 4.47. The topological polar surface area (TPSA) is 41.6 Å². The van der Waals surface area contributed by atoms with E-state index in [0.29, 0.717) is 18.4 Å². The first kappa shape index (κ1) is 13.1. The number of hydrogen-bond donors (Lipinski definition) is 1. The SMILES string of the molecule is COc1ccc2c(c1)[C@]13CCN(C)[C@H](C2)[C@@H]1CNC(=O)C3. The molecule has 2 saturated heterocycles. The molecule has 0 radical (unpaired) electrons. The number of rotatable bonds is 1. The minimum absolute atomic E-state index is 0.0155. The van der Waals surface area contributed by atoms with Gasteiger partial charge in [-0.05, 0) is 49.7 Å². The van der Waals surface area contributed by atoms with E-state index in [2.05, 4.69) is 35.5 Å². The van der Waals surface area contributed by atoms with Crippen LogP contribution in [0, 0.1) is 5.92 Å². The largest absolute Gasteiger partial charge is 0.497 e. The Kier molecular flexibility index (Phi) is 2.80. The van der Waals surface area contributed by atoms with Crippen LogP contribution in [0.15, 0.2) is 18.2 Å². The number of carbonyl (C=O) groups is 1. The summed E-state index contributed by atoms with van der Waals surface area (Å²) in [6, 6.07) is 6.97. The third-order valence-corrected chi connectivity index (χ3v) is 5.93. The van der Waals surface area contributed by atoms with E-state index in [1.54, 1.807) is 7.11 Å². The maximum Gasteiger partial charge on any atom is 0.220 e. The average Bonchev–Trinajstić information content (AvgIpc) is 2.50. The third-order valence-electron chi connectivity index (χ3n) is 5.93. The van der Waals surface area contributed by atoms with Gasteiger partial charge in [0.2, 0.25) is 5.91 Å². The van der Waals surface area contributed by atoms with Gasteiger partial charge in [-0.3, -0.25) is 4.79 Å². The molecule has 1 amide bonds. The van der Waals surface area contributed by atoms with Crippen LogP contribution in [-0.2, 0) is 16.6 Å². The molecule has 1 N–H and O–H groups in total. The first-order valence-electron chi connectivity index (χ1n) is 7.78. The zero-order chi connectivity index (χ0) is 14.6. The summed E-state index contributed by atoms with van der Waals surface area (Å²) in [5.74, 6) is 1.63. The standard InChI is InChI=1S/C17H22N2O2/c1-19-6-5-17-9-16(20)18-10-14(17)15(19)7-11-3-4-12(21-2)8-13(11)17/h3-4,8,14-15H,5-7,9-10H2,1-2H3,(H,18,20)/t14-,15+,17+/m0/s1. The highest BCUT2D eigenvalue weighted by Gasteiger charge is 2.55. The van der Waals surface area contributed by atoms with Crippen molar-refractivity contribution in [3.63, 3.8) is 0 Å². The van der Waals surface area contributed by atoms with Crippen LogP contribution in [0.4, 0.5) is 0 Å². The lowest BCUT2D eigenvalue weighted by Crippen LogP contribution is -2.65. The molecule has 0 unspecified atom stereocenters. The lowest BCUT2D eigenvalue weighted by molar-refractivity contribution is -0.128. The van der Waals surface area contributed by atoms with E-state index in [9.17, 15) is 4.79 Å². The summed E-state index contributed by atoms with van der Waals surface area (Å²) in [4.78, 5) is 14.6. The van der Waals surface area contributed by atoms with Crippen LogP contribution in [0.1, 0.15) is 24.0 Å². The first-order valence-corrected chi connectivity index (χ1v) is 7.78. The summed E-state index contributed by atoms with van der Waals surface area (Å²) in [6.45, 7) is 1.88. The Labute approximate surface area is 125 Å². The molecular formula is C17H22N2O2. The highest BCUT2D eigenvalue weighted by Crippen LogP contribution is 2.52. The normalized spacial score (nSPS) is 34.7. The maximum absolute atomic E-state index is 12.1. The summed E-state index contributed by atoms with van der Waals surface area (Å²) in [6.07, 6.45) is 2.78. The molecule has 2 bridgehead atoms. The number of methoxy groups -OCH3 is 1. The highest BCUT2D eigenvalue weighted by atomic mass is 16.5. The van der Waals surface area contributed by atoms with Crippen LogP contribution in [0.5, 0.6) is 5.75 Å². The number of piperidine rings is 2. The Bertz CT molecular complexity index is 600. The number of likely N-dealkylation sites (N-methyl/N-ethyl adjacent to an activating group) is 1. The third kappa shape index (κ3) is 1.75. The van der Waals surface area contributed by atoms with Gasteiger partial charge >= 0.3 is 0 Å². The first-order chi connectivity index (χ1) is 10.1. The second-order valence-corrected chi connectivity index (χ2v) is 6.77. The van der Waals surface area contributed by atoms with E-state index >= 15 is 0 Å². The van der Waals surface area contributed by atoms with Gasteiger partial charge in [-0.2, -0.15) is 0 Å². The lowest BCUT2D eigenvalue weighted by atomic mass is 9.54. The van der Waals surface area contributed by atoms with E-state index in [4.69, 9.17) is 4.74 Å². The predicted molar refractivity (Wildman–Crippen MR) is 80.5 cm³/mol. The molecule has 4 rings (SSSR count). The number of fused-ring (bicyclic) bond motifs is 1. The molecule has 3 atom stereocenters. The van der Waals surface area contributed by atoms with Crippen molar-refractivity contribution >= 4 is 5.91 Å². The molecule has 112 valence electrons. The summed E-state index contributed by atoms with van der Waals surface area (Å²) in [5.41, 5.74) is 2.78. The monoisotopic (exact) mass is 286 g/mol. The number of ether oxygens (including phenoxy) is 1. The van der Waals surface area contributed by atoms with Crippen LogP contribution in [-0.4, -0.2) is 44.1 Å². The average molecular weight is 286 g/mol. The van der Waals surface area contributed by atoms with Gasteiger partial charge in [-0.15, -0.1) is 0 Å². The minimum Gasteiger partial charge on any atom is -0.497 e. The van der Waals surface area contributed by atoms with Crippen LogP contribution in [0.3, 0.4) is 0 Å². The Morgan fingerprint density at radius 1 is 1.43 bits per heavy atom. The quantitative estimate of drug-likeness (QED) is 0.847. The molecule has 1 aromatic carbocycles. The van der Waals surface area contributed by atoms with Gasteiger partial charge in [0.25, 0.3) is 0 Å². The van der Waals surface area contributed by atoms with Gasteiger partial charge in [-0.25, -0.2) is 0 Å². The molecule has 3 aliphatic rings. The molecule has 21 heavy (non-hydrogen) atoms. The Morgan fingerprint density at radius 3 is 3.10 bits per heavy atom. The molecule has 1 aromatic rings. The molecule has 2 aliphatic heterocycles. The van der Waals surface area contributed by atoms with Gasteiger partial charge in [-0.1, -0.05) is 6.07 Å².